The molecule has 3 N–H and O–H groups in total. The largest absolute Gasteiger partial charge is 0.352 e. The number of amides is 1. The molecule has 0 bridgehead atoms. The van der Waals surface area contributed by atoms with Crippen LogP contribution in [0.3, 0.4) is 0 Å². The zero-order valence-corrected chi connectivity index (χ0v) is 11.6. The van der Waals surface area contributed by atoms with Crippen LogP contribution in [0.2, 0.25) is 0 Å². The molecule has 0 aliphatic carbocycles. The summed E-state index contributed by atoms with van der Waals surface area (Å²) in [5, 5.41) is 2.96. The van der Waals surface area contributed by atoms with E-state index in [2.05, 4.69) is 36.5 Å². The molecule has 3 heteroatoms. The van der Waals surface area contributed by atoms with Crippen LogP contribution in [-0.4, -0.2) is 12.5 Å². The second kappa shape index (κ2) is 6.55. The maximum Gasteiger partial charge on any atom is 0.227 e. The van der Waals surface area contributed by atoms with E-state index in [-0.39, 0.29) is 5.91 Å². The molecule has 1 unspecified atom stereocenters. The highest BCUT2D eigenvalue weighted by Gasteiger charge is 2.29. The van der Waals surface area contributed by atoms with E-state index in [1.807, 2.05) is 13.8 Å². The third-order valence-electron chi connectivity index (χ3n) is 3.66. The van der Waals surface area contributed by atoms with Crippen molar-refractivity contribution in [2.45, 2.75) is 40.2 Å². The van der Waals surface area contributed by atoms with Gasteiger partial charge in [-0.05, 0) is 30.9 Å². The SMILES string of the molecule is CCc1ccc(CNC(=O)C(C)(CC)CN)cc1. The van der Waals surface area contributed by atoms with Gasteiger partial charge in [-0.15, -0.1) is 0 Å². The number of carbonyl (C=O) groups is 1. The average molecular weight is 248 g/mol. The molecule has 18 heavy (non-hydrogen) atoms. The van der Waals surface area contributed by atoms with Crippen LogP contribution in [0.1, 0.15) is 38.3 Å². The van der Waals surface area contributed by atoms with Crippen molar-refractivity contribution in [3.05, 3.63) is 35.4 Å². The minimum Gasteiger partial charge on any atom is -0.352 e. The Bertz CT molecular complexity index is 380. The van der Waals surface area contributed by atoms with E-state index in [1.165, 1.54) is 5.56 Å². The first-order chi connectivity index (χ1) is 8.55. The predicted molar refractivity (Wildman–Crippen MR) is 75.1 cm³/mol. The van der Waals surface area contributed by atoms with Crippen LogP contribution in [0.25, 0.3) is 0 Å². The minimum absolute atomic E-state index is 0.0343. The molecule has 0 fully saturated rings. The van der Waals surface area contributed by atoms with E-state index in [0.717, 1.165) is 18.4 Å². The van der Waals surface area contributed by atoms with E-state index in [4.69, 9.17) is 5.73 Å². The van der Waals surface area contributed by atoms with Crippen LogP contribution < -0.4 is 11.1 Å². The predicted octanol–water partition coefficient (Wildman–Crippen LogP) is 2.24. The summed E-state index contributed by atoms with van der Waals surface area (Å²) < 4.78 is 0. The van der Waals surface area contributed by atoms with Crippen molar-refractivity contribution in [3.8, 4) is 0 Å². The summed E-state index contributed by atoms with van der Waals surface area (Å²) in [6, 6.07) is 8.32. The monoisotopic (exact) mass is 248 g/mol. The number of benzene rings is 1. The zero-order chi connectivity index (χ0) is 13.6. The molecule has 0 aliphatic rings. The van der Waals surface area contributed by atoms with Crippen LogP contribution in [0.15, 0.2) is 24.3 Å². The fourth-order valence-corrected chi connectivity index (χ4v) is 1.69. The number of hydrogen-bond acceptors (Lipinski definition) is 2. The fraction of sp³-hybridized carbons (Fsp3) is 0.533. The van der Waals surface area contributed by atoms with Crippen LogP contribution >= 0.6 is 0 Å². The van der Waals surface area contributed by atoms with Gasteiger partial charge in [0.2, 0.25) is 5.91 Å². The third kappa shape index (κ3) is 3.57. The van der Waals surface area contributed by atoms with Crippen molar-refractivity contribution in [2.75, 3.05) is 6.54 Å². The van der Waals surface area contributed by atoms with Gasteiger partial charge in [0.05, 0.1) is 5.41 Å². The molecule has 100 valence electrons. The van der Waals surface area contributed by atoms with Gasteiger partial charge in [-0.25, -0.2) is 0 Å². The van der Waals surface area contributed by atoms with Crippen molar-refractivity contribution in [1.82, 2.24) is 5.32 Å². The molecule has 1 atom stereocenters. The first-order valence-corrected chi connectivity index (χ1v) is 6.62. The summed E-state index contributed by atoms with van der Waals surface area (Å²) in [4.78, 5) is 12.0. The van der Waals surface area contributed by atoms with Crippen molar-refractivity contribution in [1.29, 1.82) is 0 Å². The number of nitrogens with two attached hydrogens (primary N) is 1. The molecule has 1 rings (SSSR count). The average Bonchev–Trinajstić information content (AvgIpc) is 2.44. The number of hydrogen-bond donors (Lipinski definition) is 2. The highest BCUT2D eigenvalue weighted by molar-refractivity contribution is 5.82. The van der Waals surface area contributed by atoms with E-state index >= 15 is 0 Å². The smallest absolute Gasteiger partial charge is 0.227 e. The lowest BCUT2D eigenvalue weighted by molar-refractivity contribution is -0.130. The summed E-state index contributed by atoms with van der Waals surface area (Å²) in [5.74, 6) is 0.0343. The lowest BCUT2D eigenvalue weighted by Crippen LogP contribution is -2.43. The van der Waals surface area contributed by atoms with Crippen molar-refractivity contribution in [2.24, 2.45) is 11.1 Å². The summed E-state index contributed by atoms with van der Waals surface area (Å²) in [6.07, 6.45) is 1.79. The lowest BCUT2D eigenvalue weighted by Gasteiger charge is -2.24. The molecule has 0 spiro atoms. The van der Waals surface area contributed by atoms with Gasteiger partial charge in [-0.1, -0.05) is 38.1 Å². The Morgan fingerprint density at radius 2 is 1.78 bits per heavy atom. The Hall–Kier alpha value is -1.35. The Balaban J connectivity index is 2.56. The van der Waals surface area contributed by atoms with Gasteiger partial charge >= 0.3 is 0 Å². The standard InChI is InChI=1S/C15H24N2O/c1-4-12-6-8-13(9-7-12)10-17-14(18)15(3,5-2)11-16/h6-9H,4-5,10-11,16H2,1-3H3,(H,17,18). The molecule has 0 radical (unpaired) electrons. The molecule has 0 aromatic heterocycles. The summed E-state index contributed by atoms with van der Waals surface area (Å²) in [6.45, 7) is 6.97. The molecule has 0 saturated carbocycles. The Morgan fingerprint density at radius 1 is 1.22 bits per heavy atom. The maximum atomic E-state index is 12.0. The number of aryl methyl sites for hydroxylation is 1. The molecular weight excluding hydrogens is 224 g/mol. The Morgan fingerprint density at radius 3 is 2.22 bits per heavy atom. The molecule has 3 nitrogen and oxygen atoms in total. The second-order valence-corrected chi connectivity index (χ2v) is 4.97. The van der Waals surface area contributed by atoms with E-state index in [9.17, 15) is 4.79 Å². The van der Waals surface area contributed by atoms with Gasteiger partial charge in [0.25, 0.3) is 0 Å². The van der Waals surface area contributed by atoms with Gasteiger partial charge in [0.1, 0.15) is 0 Å². The van der Waals surface area contributed by atoms with Crippen molar-refractivity contribution >= 4 is 5.91 Å². The van der Waals surface area contributed by atoms with E-state index in [0.29, 0.717) is 13.1 Å². The Labute approximate surface area is 110 Å². The quantitative estimate of drug-likeness (QED) is 0.811. The first-order valence-electron chi connectivity index (χ1n) is 6.62. The summed E-state index contributed by atoms with van der Waals surface area (Å²) in [5.41, 5.74) is 7.64. The van der Waals surface area contributed by atoms with Crippen LogP contribution in [-0.2, 0) is 17.8 Å². The van der Waals surface area contributed by atoms with Crippen molar-refractivity contribution in [3.63, 3.8) is 0 Å². The van der Waals surface area contributed by atoms with Crippen LogP contribution in [0, 0.1) is 5.41 Å². The fourth-order valence-electron chi connectivity index (χ4n) is 1.69. The van der Waals surface area contributed by atoms with Gasteiger partial charge in [0, 0.05) is 13.1 Å². The molecule has 1 aromatic carbocycles. The highest BCUT2D eigenvalue weighted by Crippen LogP contribution is 2.19. The molecule has 0 saturated heterocycles. The van der Waals surface area contributed by atoms with E-state index in [1.54, 1.807) is 0 Å². The second-order valence-electron chi connectivity index (χ2n) is 4.97. The molecule has 0 aliphatic heterocycles. The van der Waals surface area contributed by atoms with E-state index < -0.39 is 5.41 Å². The molecule has 1 aromatic rings. The molecule has 1 amide bonds. The Kier molecular flexibility index (Phi) is 5.35. The number of nitrogens with one attached hydrogen (secondary N) is 1. The summed E-state index contributed by atoms with van der Waals surface area (Å²) in [7, 11) is 0. The van der Waals surface area contributed by atoms with Crippen LogP contribution in [0.4, 0.5) is 0 Å². The minimum atomic E-state index is -0.455. The maximum absolute atomic E-state index is 12.0. The van der Waals surface area contributed by atoms with Gasteiger partial charge < -0.3 is 11.1 Å². The molecule has 0 heterocycles. The number of rotatable bonds is 6. The van der Waals surface area contributed by atoms with Gasteiger partial charge in [0.15, 0.2) is 0 Å². The first kappa shape index (κ1) is 14.7. The topological polar surface area (TPSA) is 55.1 Å². The van der Waals surface area contributed by atoms with Crippen molar-refractivity contribution < 1.29 is 4.79 Å². The third-order valence-corrected chi connectivity index (χ3v) is 3.66. The van der Waals surface area contributed by atoms with Crippen LogP contribution in [0.5, 0.6) is 0 Å². The normalized spacial score (nSPS) is 14.0. The number of carbonyl (C=O) groups excluding carboxylic acids is 1. The summed E-state index contributed by atoms with van der Waals surface area (Å²) >= 11 is 0. The highest BCUT2D eigenvalue weighted by atomic mass is 16.2. The lowest BCUT2D eigenvalue weighted by atomic mass is 9.86. The van der Waals surface area contributed by atoms with Gasteiger partial charge in [-0.3, -0.25) is 4.79 Å². The molecular formula is C15H24N2O. The zero-order valence-electron chi connectivity index (χ0n) is 11.6. The van der Waals surface area contributed by atoms with Gasteiger partial charge in [-0.2, -0.15) is 0 Å².